The zero-order chi connectivity index (χ0) is 16.2. The van der Waals surface area contributed by atoms with Crippen molar-refractivity contribution >= 4 is 0 Å². The Kier molecular flexibility index (Phi) is 5.25. The molecule has 0 amide bonds. The van der Waals surface area contributed by atoms with Crippen LogP contribution in [0, 0.1) is 0 Å². The van der Waals surface area contributed by atoms with Gasteiger partial charge in [0.1, 0.15) is 5.75 Å². The van der Waals surface area contributed by atoms with E-state index in [1.165, 1.54) is 11.1 Å². The standard InChI is InChI=1S/C20H27NO/c1-5-21(15-17-7-6-8-19(22)13-17)14-16-9-11-18(12-10-16)20(2,3)4/h6-13,22H,5,14-15H2,1-4H3. The van der Waals surface area contributed by atoms with Gasteiger partial charge in [0.05, 0.1) is 0 Å². The lowest BCUT2D eigenvalue weighted by Crippen LogP contribution is -2.22. The first-order chi connectivity index (χ1) is 10.4. The van der Waals surface area contributed by atoms with Crippen molar-refractivity contribution in [3.63, 3.8) is 0 Å². The zero-order valence-corrected chi connectivity index (χ0v) is 14.1. The van der Waals surface area contributed by atoms with Crippen LogP contribution in [0.4, 0.5) is 0 Å². The molecule has 0 aromatic heterocycles. The van der Waals surface area contributed by atoms with Gasteiger partial charge in [-0.25, -0.2) is 0 Å². The maximum Gasteiger partial charge on any atom is 0.115 e. The van der Waals surface area contributed by atoms with Crippen LogP contribution >= 0.6 is 0 Å². The molecule has 0 bridgehead atoms. The molecular weight excluding hydrogens is 270 g/mol. The summed E-state index contributed by atoms with van der Waals surface area (Å²) in [6.45, 7) is 11.7. The lowest BCUT2D eigenvalue weighted by molar-refractivity contribution is 0.271. The maximum absolute atomic E-state index is 9.58. The number of phenolic OH excluding ortho intramolecular Hbond substituents is 1. The lowest BCUT2D eigenvalue weighted by Gasteiger charge is -2.22. The lowest BCUT2D eigenvalue weighted by atomic mass is 9.87. The topological polar surface area (TPSA) is 23.5 Å². The summed E-state index contributed by atoms with van der Waals surface area (Å²) in [7, 11) is 0. The first-order valence-corrected chi connectivity index (χ1v) is 7.98. The number of rotatable bonds is 5. The van der Waals surface area contributed by atoms with Crippen LogP contribution in [0.1, 0.15) is 44.4 Å². The summed E-state index contributed by atoms with van der Waals surface area (Å²) in [6, 6.07) is 16.4. The Balaban J connectivity index is 2.04. The van der Waals surface area contributed by atoms with E-state index in [1.54, 1.807) is 6.07 Å². The van der Waals surface area contributed by atoms with Gasteiger partial charge in [0.25, 0.3) is 0 Å². The molecule has 0 spiro atoms. The number of benzene rings is 2. The molecule has 1 N–H and O–H groups in total. The van der Waals surface area contributed by atoms with E-state index in [-0.39, 0.29) is 5.41 Å². The fourth-order valence-electron chi connectivity index (χ4n) is 2.56. The van der Waals surface area contributed by atoms with E-state index in [0.29, 0.717) is 5.75 Å². The van der Waals surface area contributed by atoms with Gasteiger partial charge in [-0.3, -0.25) is 4.90 Å². The Bertz CT molecular complexity index is 596. The third-order valence-electron chi connectivity index (χ3n) is 3.99. The molecule has 0 aliphatic carbocycles. The van der Waals surface area contributed by atoms with E-state index >= 15 is 0 Å². The molecule has 2 aromatic rings. The van der Waals surface area contributed by atoms with Gasteiger partial charge in [-0.15, -0.1) is 0 Å². The largest absolute Gasteiger partial charge is 0.508 e. The minimum Gasteiger partial charge on any atom is -0.508 e. The zero-order valence-electron chi connectivity index (χ0n) is 14.1. The van der Waals surface area contributed by atoms with Gasteiger partial charge in [0.2, 0.25) is 0 Å². The van der Waals surface area contributed by atoms with E-state index in [4.69, 9.17) is 0 Å². The molecule has 0 aliphatic rings. The summed E-state index contributed by atoms with van der Waals surface area (Å²) in [5.74, 6) is 0.336. The Morgan fingerprint density at radius 3 is 2.09 bits per heavy atom. The second-order valence-corrected chi connectivity index (χ2v) is 6.92. The molecule has 0 heterocycles. The van der Waals surface area contributed by atoms with Crippen molar-refractivity contribution in [3.05, 3.63) is 65.2 Å². The highest BCUT2D eigenvalue weighted by Crippen LogP contribution is 2.23. The Labute approximate surface area is 134 Å². The van der Waals surface area contributed by atoms with E-state index < -0.39 is 0 Å². The predicted octanol–water partition coefficient (Wildman–Crippen LogP) is 4.71. The number of hydrogen-bond donors (Lipinski definition) is 1. The predicted molar refractivity (Wildman–Crippen MR) is 93.0 cm³/mol. The maximum atomic E-state index is 9.58. The first kappa shape index (κ1) is 16.6. The summed E-state index contributed by atoms with van der Waals surface area (Å²) < 4.78 is 0. The summed E-state index contributed by atoms with van der Waals surface area (Å²) in [5.41, 5.74) is 4.04. The monoisotopic (exact) mass is 297 g/mol. The fraction of sp³-hybridized carbons (Fsp3) is 0.400. The van der Waals surface area contributed by atoms with E-state index in [2.05, 4.69) is 62.9 Å². The number of phenols is 1. The molecule has 2 rings (SSSR count). The molecule has 2 nitrogen and oxygen atoms in total. The van der Waals surface area contributed by atoms with Crippen LogP contribution in [0.3, 0.4) is 0 Å². The molecule has 0 saturated heterocycles. The second kappa shape index (κ2) is 6.97. The summed E-state index contributed by atoms with van der Waals surface area (Å²) in [4.78, 5) is 2.38. The normalized spacial score (nSPS) is 11.9. The molecular formula is C20H27NO. The minimum absolute atomic E-state index is 0.199. The van der Waals surface area contributed by atoms with Gasteiger partial charge in [-0.2, -0.15) is 0 Å². The molecule has 0 unspecified atom stereocenters. The highest BCUT2D eigenvalue weighted by Gasteiger charge is 2.13. The smallest absolute Gasteiger partial charge is 0.115 e. The van der Waals surface area contributed by atoms with Crippen LogP contribution in [-0.2, 0) is 18.5 Å². The quantitative estimate of drug-likeness (QED) is 0.863. The molecule has 2 heteroatoms. The minimum atomic E-state index is 0.199. The van der Waals surface area contributed by atoms with Crippen LogP contribution in [0.25, 0.3) is 0 Å². The first-order valence-electron chi connectivity index (χ1n) is 7.98. The molecule has 0 atom stereocenters. The van der Waals surface area contributed by atoms with Crippen molar-refractivity contribution in [2.75, 3.05) is 6.54 Å². The number of nitrogens with zero attached hydrogens (tertiary/aromatic N) is 1. The fourth-order valence-corrected chi connectivity index (χ4v) is 2.56. The molecule has 0 saturated carbocycles. The third-order valence-corrected chi connectivity index (χ3v) is 3.99. The van der Waals surface area contributed by atoms with Gasteiger partial charge in [0.15, 0.2) is 0 Å². The third kappa shape index (κ3) is 4.60. The SMILES string of the molecule is CCN(Cc1ccc(C(C)(C)C)cc1)Cc1cccc(O)c1. The Morgan fingerprint density at radius 2 is 1.55 bits per heavy atom. The van der Waals surface area contributed by atoms with Crippen molar-refractivity contribution in [2.24, 2.45) is 0 Å². The average molecular weight is 297 g/mol. The molecule has 118 valence electrons. The van der Waals surface area contributed by atoms with Crippen molar-refractivity contribution in [1.82, 2.24) is 4.90 Å². The van der Waals surface area contributed by atoms with Crippen LogP contribution < -0.4 is 0 Å². The second-order valence-electron chi connectivity index (χ2n) is 6.92. The van der Waals surface area contributed by atoms with Crippen molar-refractivity contribution < 1.29 is 5.11 Å². The summed E-state index contributed by atoms with van der Waals surface area (Å²) in [5, 5.41) is 9.58. The molecule has 22 heavy (non-hydrogen) atoms. The van der Waals surface area contributed by atoms with Gasteiger partial charge in [0, 0.05) is 13.1 Å². The molecule has 0 aliphatic heterocycles. The van der Waals surface area contributed by atoms with Crippen molar-refractivity contribution in [1.29, 1.82) is 0 Å². The van der Waals surface area contributed by atoms with Gasteiger partial charge in [-0.05, 0) is 40.8 Å². The van der Waals surface area contributed by atoms with E-state index in [0.717, 1.165) is 25.2 Å². The molecule has 0 fully saturated rings. The van der Waals surface area contributed by atoms with Crippen LogP contribution in [-0.4, -0.2) is 16.6 Å². The van der Waals surface area contributed by atoms with Crippen molar-refractivity contribution in [3.8, 4) is 5.75 Å². The highest BCUT2D eigenvalue weighted by molar-refractivity contribution is 5.29. The van der Waals surface area contributed by atoms with Crippen molar-refractivity contribution in [2.45, 2.75) is 46.2 Å². The van der Waals surface area contributed by atoms with Gasteiger partial charge >= 0.3 is 0 Å². The van der Waals surface area contributed by atoms with Crippen LogP contribution in [0.2, 0.25) is 0 Å². The van der Waals surface area contributed by atoms with E-state index in [9.17, 15) is 5.11 Å². The Hall–Kier alpha value is -1.80. The molecule has 0 radical (unpaired) electrons. The summed E-state index contributed by atoms with van der Waals surface area (Å²) >= 11 is 0. The van der Waals surface area contributed by atoms with E-state index in [1.807, 2.05) is 12.1 Å². The molecule has 2 aromatic carbocycles. The number of hydrogen-bond acceptors (Lipinski definition) is 2. The van der Waals surface area contributed by atoms with Crippen LogP contribution in [0.15, 0.2) is 48.5 Å². The number of aromatic hydroxyl groups is 1. The highest BCUT2D eigenvalue weighted by atomic mass is 16.3. The van der Waals surface area contributed by atoms with Crippen LogP contribution in [0.5, 0.6) is 5.75 Å². The van der Waals surface area contributed by atoms with Gasteiger partial charge in [-0.1, -0.05) is 64.1 Å². The summed E-state index contributed by atoms with van der Waals surface area (Å²) in [6.07, 6.45) is 0. The Morgan fingerprint density at radius 1 is 0.909 bits per heavy atom. The average Bonchev–Trinajstić information content (AvgIpc) is 2.46. The van der Waals surface area contributed by atoms with Gasteiger partial charge < -0.3 is 5.11 Å².